The second-order valence-corrected chi connectivity index (χ2v) is 4.67. The maximum Gasteiger partial charge on any atom is 0.358 e. The lowest BCUT2D eigenvalue weighted by molar-refractivity contribution is 0.0687. The fraction of sp³-hybridized carbons (Fsp3) is 0.750. The van der Waals surface area contributed by atoms with Crippen molar-refractivity contribution in [3.63, 3.8) is 0 Å². The SMILES string of the molecule is CCC(CC)n1nnc(C(=O)O)c1C1CCC1. The van der Waals surface area contributed by atoms with Crippen LogP contribution in [-0.2, 0) is 0 Å². The molecule has 1 fully saturated rings. The molecule has 1 saturated carbocycles. The Labute approximate surface area is 101 Å². The van der Waals surface area contributed by atoms with E-state index in [9.17, 15) is 4.79 Å². The van der Waals surface area contributed by atoms with E-state index in [1.54, 1.807) is 0 Å². The molecule has 0 unspecified atom stereocenters. The summed E-state index contributed by atoms with van der Waals surface area (Å²) in [5.74, 6) is -0.610. The predicted molar refractivity (Wildman–Crippen MR) is 63.2 cm³/mol. The van der Waals surface area contributed by atoms with E-state index in [1.165, 1.54) is 6.42 Å². The Balaban J connectivity index is 2.40. The molecule has 1 aromatic rings. The zero-order valence-corrected chi connectivity index (χ0v) is 10.4. The predicted octanol–water partition coefficient (Wildman–Crippen LogP) is 2.60. The van der Waals surface area contributed by atoms with E-state index in [0.717, 1.165) is 31.4 Å². The number of aromatic carboxylic acids is 1. The molecule has 5 heteroatoms. The molecule has 0 atom stereocenters. The number of carboxylic acids is 1. The molecular weight excluding hydrogens is 218 g/mol. The number of carbonyl (C=O) groups is 1. The average Bonchev–Trinajstić information content (AvgIpc) is 2.62. The normalized spacial score (nSPS) is 16.2. The molecule has 1 aliphatic rings. The van der Waals surface area contributed by atoms with Crippen LogP contribution >= 0.6 is 0 Å². The lowest BCUT2D eigenvalue weighted by Crippen LogP contribution is -2.21. The van der Waals surface area contributed by atoms with Crippen LogP contribution < -0.4 is 0 Å². The van der Waals surface area contributed by atoms with Gasteiger partial charge in [0.05, 0.1) is 11.7 Å². The first-order valence-electron chi connectivity index (χ1n) is 6.37. The first kappa shape index (κ1) is 12.1. The summed E-state index contributed by atoms with van der Waals surface area (Å²) in [4.78, 5) is 11.2. The van der Waals surface area contributed by atoms with Gasteiger partial charge in [-0.15, -0.1) is 5.10 Å². The lowest BCUT2D eigenvalue weighted by Gasteiger charge is -2.28. The van der Waals surface area contributed by atoms with E-state index in [0.29, 0.717) is 5.92 Å². The first-order chi connectivity index (χ1) is 8.19. The molecule has 1 aromatic heterocycles. The average molecular weight is 237 g/mol. The van der Waals surface area contributed by atoms with Gasteiger partial charge < -0.3 is 5.11 Å². The van der Waals surface area contributed by atoms with Gasteiger partial charge in [-0.1, -0.05) is 25.5 Å². The molecule has 17 heavy (non-hydrogen) atoms. The van der Waals surface area contributed by atoms with Crippen molar-refractivity contribution in [2.24, 2.45) is 0 Å². The second-order valence-electron chi connectivity index (χ2n) is 4.67. The third-order valence-electron chi connectivity index (χ3n) is 3.71. The molecule has 0 amide bonds. The van der Waals surface area contributed by atoms with Gasteiger partial charge >= 0.3 is 5.97 Å². The monoisotopic (exact) mass is 237 g/mol. The summed E-state index contributed by atoms with van der Waals surface area (Å²) in [7, 11) is 0. The Hall–Kier alpha value is -1.39. The summed E-state index contributed by atoms with van der Waals surface area (Å²) in [6.07, 6.45) is 5.22. The smallest absolute Gasteiger partial charge is 0.358 e. The summed E-state index contributed by atoms with van der Waals surface area (Å²) in [5.41, 5.74) is 0.999. The van der Waals surface area contributed by atoms with E-state index in [2.05, 4.69) is 24.2 Å². The van der Waals surface area contributed by atoms with Crippen LogP contribution in [0.3, 0.4) is 0 Å². The van der Waals surface area contributed by atoms with Crippen molar-refractivity contribution in [2.45, 2.75) is 57.9 Å². The van der Waals surface area contributed by atoms with Gasteiger partial charge in [-0.25, -0.2) is 9.48 Å². The van der Waals surface area contributed by atoms with Gasteiger partial charge in [0, 0.05) is 5.92 Å². The third-order valence-corrected chi connectivity index (χ3v) is 3.71. The van der Waals surface area contributed by atoms with Crippen LogP contribution in [0.1, 0.15) is 74.1 Å². The minimum atomic E-state index is -0.955. The minimum absolute atomic E-state index is 0.154. The lowest BCUT2D eigenvalue weighted by atomic mass is 9.81. The van der Waals surface area contributed by atoms with Crippen LogP contribution in [0.4, 0.5) is 0 Å². The maximum atomic E-state index is 11.2. The first-order valence-corrected chi connectivity index (χ1v) is 6.37. The molecule has 0 aliphatic heterocycles. The number of hydrogen-bond acceptors (Lipinski definition) is 3. The van der Waals surface area contributed by atoms with Gasteiger partial charge in [-0.2, -0.15) is 0 Å². The zero-order valence-electron chi connectivity index (χ0n) is 10.4. The molecule has 94 valence electrons. The maximum absolute atomic E-state index is 11.2. The number of carboxylic acid groups (broad SMARTS) is 1. The molecule has 2 rings (SSSR count). The molecule has 0 radical (unpaired) electrons. The van der Waals surface area contributed by atoms with Gasteiger partial charge in [-0.3, -0.25) is 0 Å². The van der Waals surface area contributed by atoms with Crippen LogP contribution in [0.2, 0.25) is 0 Å². The Kier molecular flexibility index (Phi) is 3.45. The highest BCUT2D eigenvalue weighted by molar-refractivity contribution is 5.86. The Bertz CT molecular complexity index is 406. The molecule has 0 bridgehead atoms. The number of aromatic nitrogens is 3. The van der Waals surface area contributed by atoms with Gasteiger partial charge in [0.2, 0.25) is 0 Å². The van der Waals surface area contributed by atoms with Crippen LogP contribution in [-0.4, -0.2) is 26.1 Å². The summed E-state index contributed by atoms with van der Waals surface area (Å²) in [6.45, 7) is 4.20. The molecule has 5 nitrogen and oxygen atoms in total. The van der Waals surface area contributed by atoms with Crippen LogP contribution in [0, 0.1) is 0 Å². The highest BCUT2D eigenvalue weighted by Crippen LogP contribution is 2.38. The molecule has 1 N–H and O–H groups in total. The quantitative estimate of drug-likeness (QED) is 0.854. The van der Waals surface area contributed by atoms with Crippen molar-refractivity contribution in [3.8, 4) is 0 Å². The Morgan fingerprint density at radius 3 is 2.53 bits per heavy atom. The number of nitrogens with zero attached hydrogens (tertiary/aromatic N) is 3. The number of hydrogen-bond donors (Lipinski definition) is 1. The topological polar surface area (TPSA) is 68.0 Å². The standard InChI is InChI=1S/C12H19N3O2/c1-3-9(4-2)15-11(8-6-5-7-8)10(12(16)17)13-14-15/h8-9H,3-7H2,1-2H3,(H,16,17). The zero-order chi connectivity index (χ0) is 12.4. The van der Waals surface area contributed by atoms with Crippen LogP contribution in [0.5, 0.6) is 0 Å². The molecule has 1 aliphatic carbocycles. The molecule has 0 saturated heterocycles. The van der Waals surface area contributed by atoms with Crippen molar-refractivity contribution in [1.29, 1.82) is 0 Å². The van der Waals surface area contributed by atoms with Gasteiger partial charge in [0.1, 0.15) is 0 Å². The highest BCUT2D eigenvalue weighted by atomic mass is 16.4. The third kappa shape index (κ3) is 2.06. The van der Waals surface area contributed by atoms with Crippen molar-refractivity contribution in [1.82, 2.24) is 15.0 Å². The summed E-state index contributed by atoms with van der Waals surface area (Å²) < 4.78 is 1.85. The van der Waals surface area contributed by atoms with Crippen molar-refractivity contribution < 1.29 is 9.90 Å². The highest BCUT2D eigenvalue weighted by Gasteiger charge is 2.31. The molecule has 0 aromatic carbocycles. The summed E-state index contributed by atoms with van der Waals surface area (Å²) >= 11 is 0. The van der Waals surface area contributed by atoms with Crippen molar-refractivity contribution >= 4 is 5.97 Å². The summed E-state index contributed by atoms with van der Waals surface area (Å²) in [6, 6.07) is 0.270. The van der Waals surface area contributed by atoms with Crippen LogP contribution in [0.15, 0.2) is 0 Å². The van der Waals surface area contributed by atoms with Crippen LogP contribution in [0.25, 0.3) is 0 Å². The van der Waals surface area contributed by atoms with E-state index >= 15 is 0 Å². The van der Waals surface area contributed by atoms with Crippen molar-refractivity contribution in [2.75, 3.05) is 0 Å². The van der Waals surface area contributed by atoms with E-state index in [-0.39, 0.29) is 11.7 Å². The Morgan fingerprint density at radius 2 is 2.12 bits per heavy atom. The second kappa shape index (κ2) is 4.85. The van der Waals surface area contributed by atoms with Gasteiger partial charge in [-0.05, 0) is 25.7 Å². The molecule has 0 spiro atoms. The Morgan fingerprint density at radius 1 is 1.47 bits per heavy atom. The molecule has 1 heterocycles. The van der Waals surface area contributed by atoms with Gasteiger partial charge in [0.15, 0.2) is 5.69 Å². The van der Waals surface area contributed by atoms with Crippen molar-refractivity contribution in [3.05, 3.63) is 11.4 Å². The fourth-order valence-electron chi connectivity index (χ4n) is 2.42. The largest absolute Gasteiger partial charge is 0.476 e. The molecular formula is C12H19N3O2. The van der Waals surface area contributed by atoms with E-state index < -0.39 is 5.97 Å². The van der Waals surface area contributed by atoms with E-state index in [4.69, 9.17) is 5.11 Å². The summed E-state index contributed by atoms with van der Waals surface area (Å²) in [5, 5.41) is 17.1. The van der Waals surface area contributed by atoms with E-state index in [1.807, 2.05) is 4.68 Å². The van der Waals surface area contributed by atoms with Gasteiger partial charge in [0.25, 0.3) is 0 Å². The fourth-order valence-corrected chi connectivity index (χ4v) is 2.42. The minimum Gasteiger partial charge on any atom is -0.476 e. The number of rotatable bonds is 5.